The molecule has 4 rings (SSSR count). The molecule has 1 aromatic heterocycles. The molecule has 2 aromatic carbocycles. The van der Waals surface area contributed by atoms with Crippen LogP contribution < -0.4 is 17.1 Å². The van der Waals surface area contributed by atoms with E-state index in [4.69, 9.17) is 13.9 Å². The van der Waals surface area contributed by atoms with E-state index in [-0.39, 0.29) is 51.9 Å². The molecule has 5 unspecified atom stereocenters. The summed E-state index contributed by atoms with van der Waals surface area (Å²) in [4.78, 5) is 0. The minimum atomic E-state index is -1.65. The second-order valence-corrected chi connectivity index (χ2v) is 7.48. The van der Waals surface area contributed by atoms with Crippen molar-refractivity contribution in [2.75, 3.05) is 0 Å². The summed E-state index contributed by atoms with van der Waals surface area (Å²) in [5.41, 5.74) is 0.0299. The Morgan fingerprint density at radius 3 is 2.09 bits per heavy atom. The number of aromatic hydroxyl groups is 5. The maximum Gasteiger partial charge on any atom is 0.402 e. The number of rotatable bonds is 3. The summed E-state index contributed by atoms with van der Waals surface area (Å²) >= 11 is 0. The standard InChI is InChI=1S/C21H20O11.ClH/c1-7-16(26)18(28)19(29)21(30-7)32-15-6-10-11(23)4-9(22)5-14(10)31-20(15)8-2-12(24)17(27)13(25)3-8;/h2-7,16,18-19,21,26,28-29H,1H3,(H4-,22,23,24,25,27);1H. The second kappa shape index (κ2) is 8.96. The number of aliphatic hydroxyl groups excluding tert-OH is 3. The van der Waals surface area contributed by atoms with Gasteiger partial charge in [0.1, 0.15) is 35.2 Å². The Morgan fingerprint density at radius 1 is 0.818 bits per heavy atom. The normalized spacial score (nSPS) is 24.9. The highest BCUT2D eigenvalue weighted by atomic mass is 35.5. The molecule has 0 radical (unpaired) electrons. The van der Waals surface area contributed by atoms with Gasteiger partial charge in [-0.1, -0.05) is 0 Å². The first-order chi connectivity index (χ1) is 15.1. The van der Waals surface area contributed by atoms with E-state index >= 15 is 0 Å². The number of fused-ring (bicyclic) bond motifs is 1. The minimum absolute atomic E-state index is 0. The summed E-state index contributed by atoms with van der Waals surface area (Å²) in [5, 5.41) is 79.7. The van der Waals surface area contributed by atoms with Gasteiger partial charge >= 0.3 is 11.3 Å². The molecule has 178 valence electrons. The van der Waals surface area contributed by atoms with Gasteiger partial charge in [0.15, 0.2) is 17.2 Å². The van der Waals surface area contributed by atoms with Gasteiger partial charge < -0.3 is 62.7 Å². The molecular weight excluding hydrogens is 464 g/mol. The molecule has 1 aliphatic rings. The first-order valence-corrected chi connectivity index (χ1v) is 9.51. The van der Waals surface area contributed by atoms with Crippen molar-refractivity contribution in [1.82, 2.24) is 0 Å². The molecule has 0 amide bonds. The predicted octanol–water partition coefficient (Wildman–Crippen LogP) is -1.88. The molecule has 1 aliphatic heterocycles. The van der Waals surface area contributed by atoms with Crippen LogP contribution in [0.3, 0.4) is 0 Å². The van der Waals surface area contributed by atoms with Gasteiger partial charge in [-0.3, -0.25) is 0 Å². The highest BCUT2D eigenvalue weighted by Crippen LogP contribution is 2.44. The van der Waals surface area contributed by atoms with Gasteiger partial charge in [-0.15, -0.1) is 0 Å². The Bertz CT molecular complexity index is 1160. The number of hydrogen-bond acceptors (Lipinski definition) is 10. The van der Waals surface area contributed by atoms with Crippen molar-refractivity contribution in [3.8, 4) is 45.8 Å². The molecule has 8 N–H and O–H groups in total. The fraction of sp³-hybridized carbons (Fsp3) is 0.286. The van der Waals surface area contributed by atoms with Crippen LogP contribution in [-0.2, 0) is 4.74 Å². The van der Waals surface area contributed by atoms with Crippen LogP contribution in [0.2, 0.25) is 0 Å². The first-order valence-electron chi connectivity index (χ1n) is 9.51. The van der Waals surface area contributed by atoms with Crippen LogP contribution in [0.4, 0.5) is 0 Å². The molecule has 0 bridgehead atoms. The Balaban J connectivity index is 0.00000306. The number of aliphatic hydroxyl groups is 3. The Hall–Kier alpha value is -3.22. The van der Waals surface area contributed by atoms with Crippen LogP contribution in [0.15, 0.2) is 34.7 Å². The van der Waals surface area contributed by atoms with Crippen LogP contribution in [0.25, 0.3) is 22.3 Å². The van der Waals surface area contributed by atoms with Gasteiger partial charge in [-0.05, 0) is 6.92 Å². The summed E-state index contributed by atoms with van der Waals surface area (Å²) in [5.74, 6) is -3.04. The fourth-order valence-electron chi connectivity index (χ4n) is 3.44. The van der Waals surface area contributed by atoms with Crippen molar-refractivity contribution < 1.29 is 67.2 Å². The van der Waals surface area contributed by atoms with Crippen molar-refractivity contribution in [3.05, 3.63) is 30.3 Å². The largest absolute Gasteiger partial charge is 1.00 e. The van der Waals surface area contributed by atoms with Crippen LogP contribution in [-0.4, -0.2) is 71.6 Å². The molecule has 0 spiro atoms. The molecule has 1 fully saturated rings. The minimum Gasteiger partial charge on any atom is -1.00 e. The average molecular weight is 485 g/mol. The molecular formula is C21H21ClO11. The average Bonchev–Trinajstić information content (AvgIpc) is 2.73. The van der Waals surface area contributed by atoms with Gasteiger partial charge in [0.05, 0.1) is 17.7 Å². The third kappa shape index (κ3) is 4.36. The van der Waals surface area contributed by atoms with Crippen molar-refractivity contribution in [3.63, 3.8) is 0 Å². The summed E-state index contributed by atoms with van der Waals surface area (Å²) < 4.78 is 16.9. The lowest BCUT2D eigenvalue weighted by Gasteiger charge is -2.38. The Morgan fingerprint density at radius 2 is 1.45 bits per heavy atom. The number of benzene rings is 2. The van der Waals surface area contributed by atoms with Gasteiger partial charge in [0.25, 0.3) is 0 Å². The van der Waals surface area contributed by atoms with Crippen LogP contribution >= 0.6 is 0 Å². The number of ether oxygens (including phenoxy) is 2. The zero-order valence-electron chi connectivity index (χ0n) is 17.0. The van der Waals surface area contributed by atoms with E-state index in [0.29, 0.717) is 0 Å². The van der Waals surface area contributed by atoms with Gasteiger partial charge in [-0.2, -0.15) is 0 Å². The molecule has 3 aromatic rings. The van der Waals surface area contributed by atoms with E-state index in [1.807, 2.05) is 0 Å². The SMILES string of the molecule is CC1OC(Oc2cc3c(O)cc(O)cc3[o+]c2-c2cc(O)c(O)c(O)c2)C(O)C(O)C1O.[Cl-]. The number of phenolic OH excluding ortho intramolecular Hbond substituents is 5. The van der Waals surface area contributed by atoms with Gasteiger partial charge in [0.2, 0.25) is 12.0 Å². The molecule has 2 heterocycles. The van der Waals surface area contributed by atoms with E-state index in [1.54, 1.807) is 0 Å². The lowest BCUT2D eigenvalue weighted by Crippen LogP contribution is -3.00. The molecule has 5 atom stereocenters. The topological polar surface area (TPSA) is 192 Å². The molecule has 12 heteroatoms. The Kier molecular flexibility index (Phi) is 6.63. The van der Waals surface area contributed by atoms with E-state index in [0.717, 1.165) is 18.2 Å². The number of halogens is 1. The quantitative estimate of drug-likeness (QED) is 0.153. The summed E-state index contributed by atoms with van der Waals surface area (Å²) in [6.45, 7) is 1.46. The van der Waals surface area contributed by atoms with Crippen molar-refractivity contribution in [2.45, 2.75) is 37.6 Å². The highest BCUT2D eigenvalue weighted by Gasteiger charge is 2.44. The zero-order chi connectivity index (χ0) is 23.3. The molecule has 1 saturated heterocycles. The van der Waals surface area contributed by atoms with Gasteiger partial charge in [-0.25, -0.2) is 4.42 Å². The van der Waals surface area contributed by atoms with Crippen molar-refractivity contribution in [1.29, 1.82) is 0 Å². The van der Waals surface area contributed by atoms with E-state index in [2.05, 4.69) is 0 Å². The summed E-state index contributed by atoms with van der Waals surface area (Å²) in [7, 11) is 0. The molecule has 0 saturated carbocycles. The summed E-state index contributed by atoms with van der Waals surface area (Å²) in [6.07, 6.45) is -6.94. The van der Waals surface area contributed by atoms with E-state index in [1.165, 1.54) is 19.1 Å². The summed E-state index contributed by atoms with van der Waals surface area (Å²) in [6, 6.07) is 5.69. The number of phenols is 5. The molecule has 0 aliphatic carbocycles. The van der Waals surface area contributed by atoms with Crippen LogP contribution in [0.5, 0.6) is 34.5 Å². The maximum atomic E-state index is 10.3. The molecule has 11 nitrogen and oxygen atoms in total. The molecule has 33 heavy (non-hydrogen) atoms. The lowest BCUT2D eigenvalue weighted by atomic mass is 10.00. The van der Waals surface area contributed by atoms with Crippen LogP contribution in [0.1, 0.15) is 6.92 Å². The predicted molar refractivity (Wildman–Crippen MR) is 107 cm³/mol. The van der Waals surface area contributed by atoms with E-state index < -0.39 is 48.0 Å². The van der Waals surface area contributed by atoms with E-state index in [9.17, 15) is 40.9 Å². The first kappa shape index (κ1) is 24.4. The number of hydrogen-bond donors (Lipinski definition) is 8. The highest BCUT2D eigenvalue weighted by molar-refractivity contribution is 5.88. The second-order valence-electron chi connectivity index (χ2n) is 7.48. The van der Waals surface area contributed by atoms with Crippen molar-refractivity contribution in [2.24, 2.45) is 0 Å². The third-order valence-electron chi connectivity index (χ3n) is 5.20. The van der Waals surface area contributed by atoms with Crippen LogP contribution in [0, 0.1) is 0 Å². The third-order valence-corrected chi connectivity index (χ3v) is 5.20. The Labute approximate surface area is 192 Å². The fourth-order valence-corrected chi connectivity index (χ4v) is 3.44. The van der Waals surface area contributed by atoms with Crippen molar-refractivity contribution >= 4 is 11.0 Å². The lowest BCUT2D eigenvalue weighted by molar-refractivity contribution is -0.268. The monoisotopic (exact) mass is 484 g/mol. The van der Waals surface area contributed by atoms with Gasteiger partial charge in [0, 0.05) is 24.3 Å². The zero-order valence-corrected chi connectivity index (χ0v) is 17.7. The maximum absolute atomic E-state index is 10.3. The smallest absolute Gasteiger partial charge is 0.402 e.